The van der Waals surface area contributed by atoms with E-state index >= 15 is 0 Å². The van der Waals surface area contributed by atoms with Gasteiger partial charge in [-0.1, -0.05) is 0 Å². The summed E-state index contributed by atoms with van der Waals surface area (Å²) in [6.07, 6.45) is 0. The van der Waals surface area contributed by atoms with Crippen LogP contribution in [-0.2, 0) is 0 Å². The van der Waals surface area contributed by atoms with Crippen LogP contribution in [0.5, 0.6) is 0 Å². The summed E-state index contributed by atoms with van der Waals surface area (Å²) in [6.45, 7) is 1.95. The number of halogens is 1. The number of nitrogens with one attached hydrogen (secondary N) is 1. The van der Waals surface area contributed by atoms with Crippen molar-refractivity contribution in [3.05, 3.63) is 24.0 Å². The molecule has 0 amide bonds. The van der Waals surface area contributed by atoms with Gasteiger partial charge in [0.2, 0.25) is 0 Å². The molecule has 0 aliphatic carbocycles. The zero-order valence-corrected chi connectivity index (χ0v) is 8.44. The molecule has 1 N–H and O–H groups in total. The summed E-state index contributed by atoms with van der Waals surface area (Å²) in [5.41, 5.74) is 0.912. The molecule has 0 fully saturated rings. The number of nitriles is 1. The minimum atomic E-state index is -0.260. The average Bonchev–Trinajstić information content (AvgIpc) is 2.17. The van der Waals surface area contributed by atoms with E-state index < -0.39 is 0 Å². The second-order valence-electron chi connectivity index (χ2n) is 3.24. The van der Waals surface area contributed by atoms with Crippen molar-refractivity contribution in [1.29, 1.82) is 5.26 Å². The van der Waals surface area contributed by atoms with Crippen LogP contribution in [0.2, 0.25) is 0 Å². The standard InChI is InChI=1S/C10H9FN2S/c1-6-10(5-12)14-9-4-7(11)2-3-8(9)13-6/h2-4,6,10,13H,1H3. The molecule has 1 aliphatic heterocycles. The van der Waals surface area contributed by atoms with Crippen LogP contribution in [0.25, 0.3) is 0 Å². The number of benzene rings is 1. The Hall–Kier alpha value is -1.21. The summed E-state index contributed by atoms with van der Waals surface area (Å²) >= 11 is 1.42. The molecule has 2 unspecified atom stereocenters. The first-order valence-corrected chi connectivity index (χ1v) is 5.21. The minimum Gasteiger partial charge on any atom is -0.379 e. The van der Waals surface area contributed by atoms with Crippen LogP contribution >= 0.6 is 11.8 Å². The number of hydrogen-bond donors (Lipinski definition) is 1. The third-order valence-corrected chi connectivity index (χ3v) is 3.52. The van der Waals surface area contributed by atoms with E-state index in [1.165, 1.54) is 23.9 Å². The van der Waals surface area contributed by atoms with Crippen molar-refractivity contribution < 1.29 is 4.39 Å². The van der Waals surface area contributed by atoms with Gasteiger partial charge in [0.25, 0.3) is 0 Å². The molecular formula is C10H9FN2S. The maximum atomic E-state index is 12.9. The Morgan fingerprint density at radius 3 is 3.07 bits per heavy atom. The summed E-state index contributed by atoms with van der Waals surface area (Å²) in [7, 11) is 0. The van der Waals surface area contributed by atoms with Crippen molar-refractivity contribution in [2.75, 3.05) is 5.32 Å². The Morgan fingerprint density at radius 2 is 2.36 bits per heavy atom. The lowest BCUT2D eigenvalue weighted by Crippen LogP contribution is -2.30. The predicted molar refractivity (Wildman–Crippen MR) is 54.7 cm³/mol. The van der Waals surface area contributed by atoms with Gasteiger partial charge in [-0.2, -0.15) is 5.26 Å². The fraction of sp³-hybridized carbons (Fsp3) is 0.300. The molecule has 2 atom stereocenters. The fourth-order valence-electron chi connectivity index (χ4n) is 1.41. The van der Waals surface area contributed by atoms with Gasteiger partial charge < -0.3 is 5.32 Å². The molecular weight excluding hydrogens is 199 g/mol. The monoisotopic (exact) mass is 208 g/mol. The third-order valence-electron chi connectivity index (χ3n) is 2.16. The zero-order valence-electron chi connectivity index (χ0n) is 7.62. The maximum Gasteiger partial charge on any atom is 0.124 e. The minimum absolute atomic E-state index is 0.1000. The molecule has 0 aromatic heterocycles. The SMILES string of the molecule is CC1Nc2ccc(F)cc2SC1C#N. The lowest BCUT2D eigenvalue weighted by molar-refractivity contribution is 0.623. The summed E-state index contributed by atoms with van der Waals surface area (Å²) in [5.74, 6) is -0.260. The van der Waals surface area contributed by atoms with E-state index in [-0.39, 0.29) is 17.1 Å². The normalized spacial score (nSPS) is 24.6. The number of anilines is 1. The molecule has 0 bridgehead atoms. The molecule has 1 aromatic rings. The van der Waals surface area contributed by atoms with E-state index in [0.717, 1.165) is 10.6 Å². The van der Waals surface area contributed by atoms with Crippen LogP contribution in [0.4, 0.5) is 10.1 Å². The molecule has 14 heavy (non-hydrogen) atoms. The van der Waals surface area contributed by atoms with Gasteiger partial charge in [-0.3, -0.25) is 0 Å². The second-order valence-corrected chi connectivity index (χ2v) is 4.42. The summed E-state index contributed by atoms with van der Waals surface area (Å²) in [6, 6.07) is 6.89. The van der Waals surface area contributed by atoms with Crippen molar-refractivity contribution in [3.8, 4) is 6.07 Å². The quantitative estimate of drug-likeness (QED) is 0.712. The van der Waals surface area contributed by atoms with Crippen molar-refractivity contribution in [2.45, 2.75) is 23.1 Å². The predicted octanol–water partition coefficient (Wildman–Crippen LogP) is 2.62. The summed E-state index contributed by atoms with van der Waals surface area (Å²) in [4.78, 5) is 0.814. The number of thioether (sulfide) groups is 1. The van der Waals surface area contributed by atoms with E-state index in [0.29, 0.717) is 0 Å². The number of nitrogens with zero attached hydrogens (tertiary/aromatic N) is 1. The fourth-order valence-corrected chi connectivity index (χ4v) is 2.44. The molecule has 2 rings (SSSR count). The van der Waals surface area contributed by atoms with Gasteiger partial charge in [-0.25, -0.2) is 4.39 Å². The molecule has 4 heteroatoms. The molecule has 0 saturated heterocycles. The molecule has 0 radical (unpaired) electrons. The Bertz CT molecular complexity index is 400. The molecule has 2 nitrogen and oxygen atoms in total. The van der Waals surface area contributed by atoms with Crippen molar-refractivity contribution in [2.24, 2.45) is 0 Å². The van der Waals surface area contributed by atoms with Crippen LogP contribution in [0.15, 0.2) is 23.1 Å². The van der Waals surface area contributed by atoms with Crippen molar-refractivity contribution in [1.82, 2.24) is 0 Å². The van der Waals surface area contributed by atoms with Crippen LogP contribution in [0.3, 0.4) is 0 Å². The lowest BCUT2D eigenvalue weighted by atomic mass is 10.2. The molecule has 0 spiro atoms. The summed E-state index contributed by atoms with van der Waals surface area (Å²) < 4.78 is 12.9. The largest absolute Gasteiger partial charge is 0.379 e. The van der Waals surface area contributed by atoms with E-state index in [9.17, 15) is 4.39 Å². The smallest absolute Gasteiger partial charge is 0.124 e. The van der Waals surface area contributed by atoms with E-state index in [1.54, 1.807) is 6.07 Å². The molecule has 1 aromatic carbocycles. The molecule has 0 saturated carbocycles. The molecule has 1 heterocycles. The second kappa shape index (κ2) is 3.50. The van der Waals surface area contributed by atoms with Gasteiger partial charge in [0.15, 0.2) is 0 Å². The molecule has 72 valence electrons. The van der Waals surface area contributed by atoms with Gasteiger partial charge in [0.05, 0.1) is 6.07 Å². The highest BCUT2D eigenvalue weighted by Crippen LogP contribution is 2.37. The Balaban J connectivity index is 2.37. The topological polar surface area (TPSA) is 35.8 Å². The highest BCUT2D eigenvalue weighted by molar-refractivity contribution is 8.00. The van der Waals surface area contributed by atoms with Crippen LogP contribution in [0.1, 0.15) is 6.92 Å². The van der Waals surface area contributed by atoms with Crippen LogP contribution in [-0.4, -0.2) is 11.3 Å². The van der Waals surface area contributed by atoms with E-state index in [1.807, 2.05) is 6.92 Å². The van der Waals surface area contributed by atoms with Crippen molar-refractivity contribution >= 4 is 17.4 Å². The first-order valence-electron chi connectivity index (χ1n) is 4.33. The zero-order chi connectivity index (χ0) is 10.1. The van der Waals surface area contributed by atoms with E-state index in [4.69, 9.17) is 5.26 Å². The van der Waals surface area contributed by atoms with E-state index in [2.05, 4.69) is 11.4 Å². The Morgan fingerprint density at radius 1 is 1.57 bits per heavy atom. The van der Waals surface area contributed by atoms with Gasteiger partial charge >= 0.3 is 0 Å². The number of rotatable bonds is 0. The van der Waals surface area contributed by atoms with Crippen LogP contribution < -0.4 is 5.32 Å². The van der Waals surface area contributed by atoms with Crippen molar-refractivity contribution in [3.63, 3.8) is 0 Å². The van der Waals surface area contributed by atoms with Crippen LogP contribution in [0, 0.1) is 17.1 Å². The van der Waals surface area contributed by atoms with Gasteiger partial charge in [0.1, 0.15) is 11.1 Å². The van der Waals surface area contributed by atoms with Gasteiger partial charge in [0, 0.05) is 16.6 Å². The summed E-state index contributed by atoms with van der Waals surface area (Å²) in [5, 5.41) is 11.9. The number of fused-ring (bicyclic) bond motifs is 1. The highest BCUT2D eigenvalue weighted by Gasteiger charge is 2.25. The first-order chi connectivity index (χ1) is 6.70. The lowest BCUT2D eigenvalue weighted by Gasteiger charge is -2.27. The average molecular weight is 208 g/mol. The Kier molecular flexibility index (Phi) is 2.34. The number of hydrogen-bond acceptors (Lipinski definition) is 3. The first kappa shape index (κ1) is 9.35. The van der Waals surface area contributed by atoms with Gasteiger partial charge in [-0.05, 0) is 25.1 Å². The highest BCUT2D eigenvalue weighted by atomic mass is 32.2. The molecule has 1 aliphatic rings. The third kappa shape index (κ3) is 1.55. The van der Waals surface area contributed by atoms with Gasteiger partial charge in [-0.15, -0.1) is 11.8 Å². The maximum absolute atomic E-state index is 12.9. The Labute approximate surface area is 86.1 Å².